The summed E-state index contributed by atoms with van der Waals surface area (Å²) in [7, 11) is 0. The number of benzene rings is 2. The van der Waals surface area contributed by atoms with Gasteiger partial charge < -0.3 is 10.1 Å². The van der Waals surface area contributed by atoms with Crippen LogP contribution < -0.4 is 10.1 Å². The summed E-state index contributed by atoms with van der Waals surface area (Å²) in [4.78, 5) is 0. The molecule has 108 valence electrons. The maximum Gasteiger partial charge on any atom is 0.132 e. The first-order valence-corrected chi connectivity index (χ1v) is 8.03. The topological polar surface area (TPSA) is 21.3 Å². The highest BCUT2D eigenvalue weighted by atomic mass is 16.5. The highest BCUT2D eigenvalue weighted by Gasteiger charge is 2.28. The SMILES string of the molecule is c1ccc2c(c1)Oc1ccccc1C2NC1CCCCC1. The van der Waals surface area contributed by atoms with E-state index in [4.69, 9.17) is 4.74 Å². The van der Waals surface area contributed by atoms with E-state index < -0.39 is 0 Å². The zero-order valence-electron chi connectivity index (χ0n) is 12.2. The maximum atomic E-state index is 6.06. The smallest absolute Gasteiger partial charge is 0.132 e. The predicted octanol–water partition coefficient (Wildman–Crippen LogP) is 4.80. The van der Waals surface area contributed by atoms with Crippen LogP contribution >= 0.6 is 0 Å². The number of ether oxygens (including phenoxy) is 1. The van der Waals surface area contributed by atoms with Crippen LogP contribution in [0.4, 0.5) is 0 Å². The van der Waals surface area contributed by atoms with Gasteiger partial charge in [0.2, 0.25) is 0 Å². The third kappa shape index (κ3) is 2.44. The Morgan fingerprint density at radius 1 is 0.762 bits per heavy atom. The van der Waals surface area contributed by atoms with Gasteiger partial charge in [-0.15, -0.1) is 0 Å². The van der Waals surface area contributed by atoms with Crippen molar-refractivity contribution in [3.63, 3.8) is 0 Å². The molecule has 2 nitrogen and oxygen atoms in total. The molecule has 4 rings (SSSR count). The lowest BCUT2D eigenvalue weighted by molar-refractivity contribution is 0.339. The van der Waals surface area contributed by atoms with E-state index in [1.807, 2.05) is 12.1 Å². The molecule has 1 aliphatic heterocycles. The highest BCUT2D eigenvalue weighted by molar-refractivity contribution is 5.52. The van der Waals surface area contributed by atoms with Gasteiger partial charge in [-0.2, -0.15) is 0 Å². The van der Waals surface area contributed by atoms with Crippen LogP contribution in [0.5, 0.6) is 11.5 Å². The molecule has 1 N–H and O–H groups in total. The largest absolute Gasteiger partial charge is 0.457 e. The minimum atomic E-state index is 0.259. The van der Waals surface area contributed by atoms with Gasteiger partial charge in [0.15, 0.2) is 0 Å². The van der Waals surface area contributed by atoms with Crippen LogP contribution in [0.1, 0.15) is 49.3 Å². The molecule has 2 aliphatic rings. The van der Waals surface area contributed by atoms with E-state index in [0.717, 1.165) is 11.5 Å². The number of hydrogen-bond donors (Lipinski definition) is 1. The van der Waals surface area contributed by atoms with Crippen molar-refractivity contribution < 1.29 is 4.74 Å². The molecule has 0 bridgehead atoms. The fourth-order valence-electron chi connectivity index (χ4n) is 3.59. The average Bonchev–Trinajstić information content (AvgIpc) is 2.55. The fraction of sp³-hybridized carbons (Fsp3) is 0.368. The Morgan fingerprint density at radius 2 is 1.33 bits per heavy atom. The first-order chi connectivity index (χ1) is 10.4. The number of rotatable bonds is 2. The summed E-state index contributed by atoms with van der Waals surface area (Å²) in [6.45, 7) is 0. The summed E-state index contributed by atoms with van der Waals surface area (Å²) in [5, 5.41) is 3.89. The molecule has 1 aliphatic carbocycles. The van der Waals surface area contributed by atoms with Gasteiger partial charge in [0.1, 0.15) is 11.5 Å². The first-order valence-electron chi connectivity index (χ1n) is 8.03. The Morgan fingerprint density at radius 3 is 1.95 bits per heavy atom. The van der Waals surface area contributed by atoms with Crippen molar-refractivity contribution in [3.05, 3.63) is 59.7 Å². The second kappa shape index (κ2) is 5.53. The van der Waals surface area contributed by atoms with Crippen molar-refractivity contribution in [2.75, 3.05) is 0 Å². The van der Waals surface area contributed by atoms with E-state index in [2.05, 4.69) is 41.7 Å². The lowest BCUT2D eigenvalue weighted by Crippen LogP contribution is -2.36. The normalized spacial score (nSPS) is 18.7. The Kier molecular flexibility index (Phi) is 3.40. The molecule has 0 atom stereocenters. The van der Waals surface area contributed by atoms with Crippen LogP contribution in [0.2, 0.25) is 0 Å². The van der Waals surface area contributed by atoms with Gasteiger partial charge in [-0.1, -0.05) is 55.7 Å². The molecule has 0 unspecified atom stereocenters. The quantitative estimate of drug-likeness (QED) is 0.852. The van der Waals surface area contributed by atoms with Crippen LogP contribution in [-0.2, 0) is 0 Å². The van der Waals surface area contributed by atoms with Gasteiger partial charge in [-0.05, 0) is 25.0 Å². The zero-order chi connectivity index (χ0) is 14.1. The summed E-state index contributed by atoms with van der Waals surface area (Å²) in [5.74, 6) is 1.98. The first kappa shape index (κ1) is 12.9. The molecule has 0 saturated heterocycles. The number of hydrogen-bond acceptors (Lipinski definition) is 2. The van der Waals surface area contributed by atoms with Gasteiger partial charge in [0, 0.05) is 17.2 Å². The van der Waals surface area contributed by atoms with Gasteiger partial charge in [-0.3, -0.25) is 0 Å². The predicted molar refractivity (Wildman–Crippen MR) is 84.8 cm³/mol. The number of nitrogens with one attached hydrogen (secondary N) is 1. The van der Waals surface area contributed by atoms with E-state index in [1.54, 1.807) is 0 Å². The van der Waals surface area contributed by atoms with E-state index in [-0.39, 0.29) is 6.04 Å². The van der Waals surface area contributed by atoms with Crippen LogP contribution in [0, 0.1) is 0 Å². The van der Waals surface area contributed by atoms with E-state index in [9.17, 15) is 0 Å². The monoisotopic (exact) mass is 279 g/mol. The van der Waals surface area contributed by atoms with Crippen LogP contribution in [0.15, 0.2) is 48.5 Å². The van der Waals surface area contributed by atoms with Crippen molar-refractivity contribution >= 4 is 0 Å². The van der Waals surface area contributed by atoms with Gasteiger partial charge in [-0.25, -0.2) is 0 Å². The van der Waals surface area contributed by atoms with Gasteiger partial charge >= 0.3 is 0 Å². The summed E-state index contributed by atoms with van der Waals surface area (Å²) in [6, 6.07) is 17.7. The molecule has 0 amide bonds. The van der Waals surface area contributed by atoms with E-state index in [1.165, 1.54) is 43.2 Å². The second-order valence-corrected chi connectivity index (χ2v) is 6.11. The molecule has 1 saturated carbocycles. The zero-order valence-corrected chi connectivity index (χ0v) is 12.2. The van der Waals surface area contributed by atoms with Crippen molar-refractivity contribution in [1.29, 1.82) is 0 Å². The minimum absolute atomic E-state index is 0.259. The average molecular weight is 279 g/mol. The third-order valence-electron chi connectivity index (χ3n) is 4.69. The molecule has 1 heterocycles. The summed E-state index contributed by atoms with van der Waals surface area (Å²) in [5.41, 5.74) is 2.53. The summed E-state index contributed by atoms with van der Waals surface area (Å²) < 4.78 is 6.06. The number of fused-ring (bicyclic) bond motifs is 2. The van der Waals surface area contributed by atoms with E-state index in [0.29, 0.717) is 6.04 Å². The molecule has 0 aromatic heterocycles. The molecule has 2 heteroatoms. The lowest BCUT2D eigenvalue weighted by Gasteiger charge is -2.33. The Hall–Kier alpha value is -1.80. The van der Waals surface area contributed by atoms with Crippen LogP contribution in [0.3, 0.4) is 0 Å². The molecule has 0 spiro atoms. The van der Waals surface area contributed by atoms with Crippen LogP contribution in [-0.4, -0.2) is 6.04 Å². The summed E-state index contributed by atoms with van der Waals surface area (Å²) in [6.07, 6.45) is 6.68. The maximum absolute atomic E-state index is 6.06. The number of para-hydroxylation sites is 2. The Bertz CT molecular complexity index is 585. The molecular formula is C19H21NO. The minimum Gasteiger partial charge on any atom is -0.457 e. The molecule has 0 radical (unpaired) electrons. The summed E-state index contributed by atoms with van der Waals surface area (Å²) >= 11 is 0. The van der Waals surface area contributed by atoms with Gasteiger partial charge in [0.05, 0.1) is 6.04 Å². The molecule has 2 aromatic carbocycles. The third-order valence-corrected chi connectivity index (χ3v) is 4.69. The van der Waals surface area contributed by atoms with Crippen molar-refractivity contribution in [2.24, 2.45) is 0 Å². The van der Waals surface area contributed by atoms with Crippen LogP contribution in [0.25, 0.3) is 0 Å². The fourth-order valence-corrected chi connectivity index (χ4v) is 3.59. The Balaban J connectivity index is 1.70. The van der Waals surface area contributed by atoms with Gasteiger partial charge in [0.25, 0.3) is 0 Å². The molecule has 2 aromatic rings. The second-order valence-electron chi connectivity index (χ2n) is 6.11. The van der Waals surface area contributed by atoms with Crippen molar-refractivity contribution in [2.45, 2.75) is 44.2 Å². The molecule has 1 fully saturated rings. The molecular weight excluding hydrogens is 258 g/mol. The van der Waals surface area contributed by atoms with E-state index >= 15 is 0 Å². The lowest BCUT2D eigenvalue weighted by atomic mass is 9.90. The standard InChI is InChI=1S/C19H21NO/c1-2-8-14(9-3-1)20-19-15-10-4-6-12-17(15)21-18-13-7-5-11-16(18)19/h4-7,10-14,19-20H,1-3,8-9H2. The molecule has 21 heavy (non-hydrogen) atoms. The highest BCUT2D eigenvalue weighted by Crippen LogP contribution is 2.43. The van der Waals surface area contributed by atoms with Crippen molar-refractivity contribution in [1.82, 2.24) is 5.32 Å². The Labute approximate surface area is 126 Å². The van der Waals surface area contributed by atoms with Crippen molar-refractivity contribution in [3.8, 4) is 11.5 Å².